The average molecular weight is 393 g/mol. The first-order valence-electron chi connectivity index (χ1n) is 9.39. The van der Waals surface area contributed by atoms with Gasteiger partial charge in [-0.05, 0) is 43.0 Å². The van der Waals surface area contributed by atoms with Crippen molar-refractivity contribution in [2.24, 2.45) is 0 Å². The average Bonchev–Trinajstić information content (AvgIpc) is 3.08. The van der Waals surface area contributed by atoms with Crippen molar-refractivity contribution in [1.29, 1.82) is 0 Å². The molecule has 8 nitrogen and oxygen atoms in total. The number of aromatic nitrogens is 4. The molecule has 3 rings (SSSR count). The molecule has 27 heavy (non-hydrogen) atoms. The molecule has 2 heterocycles. The van der Waals surface area contributed by atoms with E-state index in [0.29, 0.717) is 10.7 Å². The van der Waals surface area contributed by atoms with Crippen LogP contribution in [-0.2, 0) is 15.7 Å². The summed E-state index contributed by atoms with van der Waals surface area (Å²) in [6, 6.07) is 6.92. The summed E-state index contributed by atoms with van der Waals surface area (Å²) in [6.07, 6.45) is 1.88. The SMILES string of the molecule is CCC[C@H](c1nnnn1CS(=O)(=O)c1ccc(C)cc1)N1CCN(C)CC1. The van der Waals surface area contributed by atoms with Gasteiger partial charge < -0.3 is 4.90 Å². The number of tetrazole rings is 1. The minimum absolute atomic E-state index is 0.0342. The summed E-state index contributed by atoms with van der Waals surface area (Å²) in [5.41, 5.74) is 1.02. The third-order valence-electron chi connectivity index (χ3n) is 5.07. The van der Waals surface area contributed by atoms with Gasteiger partial charge in [0.05, 0.1) is 10.9 Å². The minimum Gasteiger partial charge on any atom is -0.304 e. The van der Waals surface area contributed by atoms with Gasteiger partial charge in [0.25, 0.3) is 0 Å². The topological polar surface area (TPSA) is 84.2 Å². The fourth-order valence-corrected chi connectivity index (χ4v) is 4.61. The monoisotopic (exact) mass is 392 g/mol. The molecule has 0 aliphatic carbocycles. The van der Waals surface area contributed by atoms with Crippen LogP contribution < -0.4 is 0 Å². The number of sulfone groups is 1. The Morgan fingerprint density at radius 3 is 2.41 bits per heavy atom. The highest BCUT2D eigenvalue weighted by Crippen LogP contribution is 2.25. The molecular weight excluding hydrogens is 364 g/mol. The van der Waals surface area contributed by atoms with Gasteiger partial charge in [-0.2, -0.15) is 0 Å². The molecule has 1 atom stereocenters. The van der Waals surface area contributed by atoms with E-state index in [0.717, 1.165) is 44.6 Å². The smallest absolute Gasteiger partial charge is 0.198 e. The lowest BCUT2D eigenvalue weighted by Crippen LogP contribution is -2.46. The van der Waals surface area contributed by atoms with Crippen LogP contribution in [-0.4, -0.2) is 71.7 Å². The summed E-state index contributed by atoms with van der Waals surface area (Å²) in [5.74, 6) is 0.392. The molecule has 148 valence electrons. The number of hydrogen-bond donors (Lipinski definition) is 0. The Hall–Kier alpha value is -1.84. The zero-order chi connectivity index (χ0) is 19.4. The van der Waals surface area contributed by atoms with Crippen LogP contribution >= 0.6 is 0 Å². The molecule has 2 aromatic rings. The quantitative estimate of drug-likeness (QED) is 0.706. The molecule has 1 aromatic heterocycles. The maximum Gasteiger partial charge on any atom is 0.198 e. The van der Waals surface area contributed by atoms with Gasteiger partial charge in [0, 0.05) is 26.2 Å². The Balaban J connectivity index is 1.84. The summed E-state index contributed by atoms with van der Waals surface area (Å²) in [5, 5.41) is 12.0. The highest BCUT2D eigenvalue weighted by Gasteiger charge is 2.29. The van der Waals surface area contributed by atoms with Crippen molar-refractivity contribution in [3.63, 3.8) is 0 Å². The molecule has 0 unspecified atom stereocenters. The van der Waals surface area contributed by atoms with Gasteiger partial charge in [0.2, 0.25) is 0 Å². The lowest BCUT2D eigenvalue weighted by molar-refractivity contribution is 0.0999. The number of benzene rings is 1. The van der Waals surface area contributed by atoms with Crippen LogP contribution in [0.3, 0.4) is 0 Å². The van der Waals surface area contributed by atoms with Crippen LogP contribution in [0.2, 0.25) is 0 Å². The number of piperazine rings is 1. The molecule has 0 radical (unpaired) electrons. The van der Waals surface area contributed by atoms with Crippen molar-refractivity contribution in [3.05, 3.63) is 35.7 Å². The first-order valence-corrected chi connectivity index (χ1v) is 11.0. The molecule has 0 spiro atoms. The van der Waals surface area contributed by atoms with Gasteiger partial charge in [-0.25, -0.2) is 13.1 Å². The van der Waals surface area contributed by atoms with Crippen molar-refractivity contribution in [3.8, 4) is 0 Å². The summed E-state index contributed by atoms with van der Waals surface area (Å²) in [7, 11) is -1.40. The number of nitrogens with zero attached hydrogens (tertiary/aromatic N) is 6. The molecule has 0 amide bonds. The fraction of sp³-hybridized carbons (Fsp3) is 0.611. The number of likely N-dealkylation sites (N-methyl/N-ethyl adjacent to an activating group) is 1. The van der Waals surface area contributed by atoms with Gasteiger partial charge >= 0.3 is 0 Å². The van der Waals surface area contributed by atoms with Crippen molar-refractivity contribution >= 4 is 9.84 Å². The zero-order valence-electron chi connectivity index (χ0n) is 16.2. The fourth-order valence-electron chi connectivity index (χ4n) is 3.41. The summed E-state index contributed by atoms with van der Waals surface area (Å²) >= 11 is 0. The van der Waals surface area contributed by atoms with Crippen LogP contribution in [0.4, 0.5) is 0 Å². The summed E-state index contributed by atoms with van der Waals surface area (Å²) in [6.45, 7) is 7.89. The van der Waals surface area contributed by atoms with Crippen LogP contribution in [0.1, 0.15) is 37.2 Å². The highest BCUT2D eigenvalue weighted by molar-refractivity contribution is 7.90. The van der Waals surface area contributed by atoms with E-state index in [2.05, 4.69) is 39.3 Å². The normalized spacial score (nSPS) is 17.9. The molecule has 9 heteroatoms. The second kappa shape index (κ2) is 8.45. The van der Waals surface area contributed by atoms with Crippen molar-refractivity contribution in [1.82, 2.24) is 30.0 Å². The van der Waals surface area contributed by atoms with E-state index in [9.17, 15) is 8.42 Å². The Morgan fingerprint density at radius 2 is 1.78 bits per heavy atom. The van der Waals surface area contributed by atoms with Crippen molar-refractivity contribution < 1.29 is 8.42 Å². The minimum atomic E-state index is -3.52. The molecule has 1 fully saturated rings. The van der Waals surface area contributed by atoms with Gasteiger partial charge in [-0.15, -0.1) is 5.10 Å². The molecular formula is C18H28N6O2S. The van der Waals surface area contributed by atoms with Crippen LogP contribution in [0.15, 0.2) is 29.2 Å². The Kier molecular flexibility index (Phi) is 6.23. The largest absolute Gasteiger partial charge is 0.304 e. The van der Waals surface area contributed by atoms with Gasteiger partial charge in [0.1, 0.15) is 0 Å². The molecule has 1 aliphatic heterocycles. The van der Waals surface area contributed by atoms with E-state index in [1.165, 1.54) is 4.68 Å². The summed E-state index contributed by atoms with van der Waals surface area (Å²) in [4.78, 5) is 4.95. The zero-order valence-corrected chi connectivity index (χ0v) is 17.1. The predicted octanol–water partition coefficient (Wildman–Crippen LogP) is 1.50. The molecule has 0 bridgehead atoms. The number of hydrogen-bond acceptors (Lipinski definition) is 7. The first kappa shape index (κ1) is 19.9. The van der Waals surface area contributed by atoms with E-state index < -0.39 is 9.84 Å². The number of rotatable bonds is 7. The van der Waals surface area contributed by atoms with Gasteiger partial charge in [0.15, 0.2) is 21.5 Å². The third kappa shape index (κ3) is 4.72. The van der Waals surface area contributed by atoms with Gasteiger partial charge in [-0.3, -0.25) is 4.90 Å². The van der Waals surface area contributed by atoms with E-state index in [1.54, 1.807) is 24.3 Å². The Labute approximate surface area is 161 Å². The molecule has 0 N–H and O–H groups in total. The Bertz CT molecular complexity index is 841. The lowest BCUT2D eigenvalue weighted by Gasteiger charge is -2.37. The van der Waals surface area contributed by atoms with E-state index >= 15 is 0 Å². The van der Waals surface area contributed by atoms with Gasteiger partial charge in [-0.1, -0.05) is 31.0 Å². The van der Waals surface area contributed by atoms with Crippen molar-refractivity contribution in [2.45, 2.75) is 43.5 Å². The molecule has 0 saturated carbocycles. The summed E-state index contributed by atoms with van der Waals surface area (Å²) < 4.78 is 27.1. The number of aryl methyl sites for hydroxylation is 1. The molecule has 1 aromatic carbocycles. The first-order chi connectivity index (χ1) is 12.9. The standard InChI is InChI=1S/C18H28N6O2S/c1-4-5-17(23-12-10-22(3)11-13-23)18-19-20-21-24(18)14-27(25,26)16-8-6-15(2)7-9-16/h6-9,17H,4-5,10-14H2,1-3H3/t17-/m1/s1. The maximum atomic E-state index is 12.8. The van der Waals surface area contributed by atoms with Crippen molar-refractivity contribution in [2.75, 3.05) is 33.2 Å². The Morgan fingerprint density at radius 1 is 1.11 bits per heavy atom. The second-order valence-corrected chi connectivity index (χ2v) is 9.20. The second-order valence-electron chi connectivity index (χ2n) is 7.24. The molecule has 1 saturated heterocycles. The third-order valence-corrected chi connectivity index (χ3v) is 6.65. The van der Waals surface area contributed by atoms with E-state index in [1.807, 2.05) is 6.92 Å². The van der Waals surface area contributed by atoms with Crippen LogP contribution in [0.25, 0.3) is 0 Å². The van der Waals surface area contributed by atoms with Crippen LogP contribution in [0, 0.1) is 6.92 Å². The highest BCUT2D eigenvalue weighted by atomic mass is 32.2. The van der Waals surface area contributed by atoms with E-state index in [-0.39, 0.29) is 11.9 Å². The predicted molar refractivity (Wildman–Crippen MR) is 103 cm³/mol. The van der Waals surface area contributed by atoms with E-state index in [4.69, 9.17) is 0 Å². The lowest BCUT2D eigenvalue weighted by atomic mass is 10.1. The van der Waals surface area contributed by atoms with Crippen LogP contribution in [0.5, 0.6) is 0 Å². The molecule has 1 aliphatic rings. The maximum absolute atomic E-state index is 12.8.